The van der Waals surface area contributed by atoms with Gasteiger partial charge in [-0.05, 0) is 77.0 Å². The van der Waals surface area contributed by atoms with Crippen LogP contribution in [0.15, 0.2) is 36.5 Å². The first kappa shape index (κ1) is 60.6. The van der Waals surface area contributed by atoms with Crippen LogP contribution in [-0.2, 0) is 28.6 Å². The van der Waals surface area contributed by atoms with Gasteiger partial charge in [-0.1, -0.05) is 231 Å². The molecule has 1 unspecified atom stereocenters. The van der Waals surface area contributed by atoms with Gasteiger partial charge >= 0.3 is 17.9 Å². The van der Waals surface area contributed by atoms with Crippen molar-refractivity contribution in [1.82, 2.24) is 0 Å². The van der Waals surface area contributed by atoms with Crippen molar-refractivity contribution in [3.05, 3.63) is 36.5 Å². The summed E-state index contributed by atoms with van der Waals surface area (Å²) in [4.78, 5) is 37.8. The molecule has 1 atom stereocenters. The predicted molar refractivity (Wildman–Crippen MR) is 270 cm³/mol. The molecule has 0 saturated carbocycles. The highest BCUT2D eigenvalue weighted by atomic mass is 16.6. The van der Waals surface area contributed by atoms with Crippen molar-refractivity contribution in [1.29, 1.82) is 0 Å². The van der Waals surface area contributed by atoms with Gasteiger partial charge in [0.1, 0.15) is 13.2 Å². The predicted octanol–water partition coefficient (Wildman–Crippen LogP) is 18.1. The summed E-state index contributed by atoms with van der Waals surface area (Å²) in [6, 6.07) is 0. The summed E-state index contributed by atoms with van der Waals surface area (Å²) in [5, 5.41) is 0. The first-order valence-electron chi connectivity index (χ1n) is 27.5. The molecule has 0 aliphatic carbocycles. The first-order chi connectivity index (χ1) is 31.0. The van der Waals surface area contributed by atoms with Gasteiger partial charge in [-0.15, -0.1) is 0 Å². The minimum Gasteiger partial charge on any atom is -0.462 e. The lowest BCUT2D eigenvalue weighted by Gasteiger charge is -2.18. The van der Waals surface area contributed by atoms with E-state index in [9.17, 15) is 14.4 Å². The zero-order chi connectivity index (χ0) is 45.8. The fraction of sp³-hybridized carbons (Fsp3) is 0.842. The molecule has 63 heavy (non-hydrogen) atoms. The Bertz CT molecular complexity index is 1060. The van der Waals surface area contributed by atoms with Gasteiger partial charge in [0.2, 0.25) is 0 Å². The van der Waals surface area contributed by atoms with E-state index in [1.807, 2.05) is 0 Å². The van der Waals surface area contributed by atoms with Gasteiger partial charge in [0.05, 0.1) is 0 Å². The van der Waals surface area contributed by atoms with Gasteiger partial charge in [0, 0.05) is 19.3 Å². The average molecular weight is 885 g/mol. The van der Waals surface area contributed by atoms with Crippen LogP contribution >= 0.6 is 0 Å². The molecule has 0 aromatic heterocycles. The molecule has 0 N–H and O–H groups in total. The van der Waals surface area contributed by atoms with E-state index in [1.54, 1.807) is 0 Å². The molecule has 0 saturated heterocycles. The van der Waals surface area contributed by atoms with E-state index in [-0.39, 0.29) is 31.1 Å². The molecule has 6 nitrogen and oxygen atoms in total. The van der Waals surface area contributed by atoms with Crippen molar-refractivity contribution in [2.75, 3.05) is 13.2 Å². The molecule has 368 valence electrons. The van der Waals surface area contributed by atoms with Crippen LogP contribution in [0.3, 0.4) is 0 Å². The van der Waals surface area contributed by atoms with E-state index in [4.69, 9.17) is 14.2 Å². The number of unbranched alkanes of at least 4 members (excludes halogenated alkanes) is 33. The lowest BCUT2D eigenvalue weighted by molar-refractivity contribution is -0.167. The van der Waals surface area contributed by atoms with Crippen LogP contribution in [0, 0.1) is 0 Å². The maximum absolute atomic E-state index is 12.8. The second kappa shape index (κ2) is 52.3. The second-order valence-electron chi connectivity index (χ2n) is 18.5. The van der Waals surface area contributed by atoms with Crippen LogP contribution < -0.4 is 0 Å². The number of carbonyl (C=O) groups excluding carboxylic acids is 3. The molecule has 0 fully saturated rings. The van der Waals surface area contributed by atoms with Gasteiger partial charge in [0.15, 0.2) is 6.10 Å². The fourth-order valence-corrected chi connectivity index (χ4v) is 7.94. The normalized spacial score (nSPS) is 12.2. The van der Waals surface area contributed by atoms with Crippen LogP contribution in [0.2, 0.25) is 0 Å². The molecule has 0 aliphatic heterocycles. The Kier molecular flexibility index (Phi) is 50.3. The smallest absolute Gasteiger partial charge is 0.306 e. The quantitative estimate of drug-likeness (QED) is 0.0262. The Morgan fingerprint density at radius 2 is 0.571 bits per heavy atom. The molecule has 0 aromatic carbocycles. The lowest BCUT2D eigenvalue weighted by Crippen LogP contribution is -2.30. The Morgan fingerprint density at radius 1 is 0.317 bits per heavy atom. The molecular formula is C57H104O6. The van der Waals surface area contributed by atoms with Crippen LogP contribution in [-0.4, -0.2) is 37.2 Å². The summed E-state index contributed by atoms with van der Waals surface area (Å²) in [7, 11) is 0. The summed E-state index contributed by atoms with van der Waals surface area (Å²) in [6.45, 7) is 6.58. The molecule has 0 heterocycles. The maximum atomic E-state index is 12.8. The lowest BCUT2D eigenvalue weighted by atomic mass is 10.0. The third-order valence-electron chi connectivity index (χ3n) is 12.1. The number of ether oxygens (including phenoxy) is 3. The van der Waals surface area contributed by atoms with Gasteiger partial charge in [0.25, 0.3) is 0 Å². The first-order valence-corrected chi connectivity index (χ1v) is 27.5. The van der Waals surface area contributed by atoms with E-state index in [0.717, 1.165) is 70.6 Å². The van der Waals surface area contributed by atoms with E-state index in [1.165, 1.54) is 180 Å². The van der Waals surface area contributed by atoms with E-state index < -0.39 is 6.10 Å². The van der Waals surface area contributed by atoms with E-state index >= 15 is 0 Å². The topological polar surface area (TPSA) is 78.9 Å². The maximum Gasteiger partial charge on any atom is 0.306 e. The van der Waals surface area contributed by atoms with Crippen LogP contribution in [0.25, 0.3) is 0 Å². The Balaban J connectivity index is 4.14. The number of rotatable bonds is 50. The van der Waals surface area contributed by atoms with Crippen molar-refractivity contribution < 1.29 is 28.6 Å². The summed E-state index contributed by atoms with van der Waals surface area (Å²) in [5.74, 6) is -0.883. The van der Waals surface area contributed by atoms with Crippen molar-refractivity contribution in [3.8, 4) is 0 Å². The Labute approximate surface area is 391 Å². The molecule has 0 spiro atoms. The molecule has 0 radical (unpaired) electrons. The Morgan fingerprint density at radius 3 is 0.889 bits per heavy atom. The minimum atomic E-state index is -0.772. The van der Waals surface area contributed by atoms with E-state index in [0.29, 0.717) is 19.3 Å². The highest BCUT2D eigenvalue weighted by Gasteiger charge is 2.19. The molecule has 0 aliphatic rings. The van der Waals surface area contributed by atoms with Crippen molar-refractivity contribution in [2.24, 2.45) is 0 Å². The van der Waals surface area contributed by atoms with E-state index in [2.05, 4.69) is 57.2 Å². The summed E-state index contributed by atoms with van der Waals surface area (Å²) >= 11 is 0. The molecule has 0 rings (SSSR count). The number of hydrogen-bond acceptors (Lipinski definition) is 6. The number of hydrogen-bond donors (Lipinski definition) is 0. The number of carbonyl (C=O) groups is 3. The average Bonchev–Trinajstić information content (AvgIpc) is 3.28. The van der Waals surface area contributed by atoms with Crippen molar-refractivity contribution >= 4 is 17.9 Å². The number of allylic oxidation sites excluding steroid dienone is 6. The highest BCUT2D eigenvalue weighted by Crippen LogP contribution is 2.15. The monoisotopic (exact) mass is 885 g/mol. The SMILES string of the molecule is CCCCCCC/C=C\C/C=C\CCCCCCCCCCCCCC(=O)OCC(COC(=O)CCCCCCCC)OC(=O)CCCCCCC/C=C\CCCCCCCCC. The van der Waals surface area contributed by atoms with Gasteiger partial charge in [-0.25, -0.2) is 0 Å². The van der Waals surface area contributed by atoms with Gasteiger partial charge in [-0.3, -0.25) is 14.4 Å². The zero-order valence-electron chi connectivity index (χ0n) is 42.1. The third kappa shape index (κ3) is 50.5. The van der Waals surface area contributed by atoms with Gasteiger partial charge < -0.3 is 14.2 Å². The third-order valence-corrected chi connectivity index (χ3v) is 12.1. The minimum absolute atomic E-state index is 0.0744. The van der Waals surface area contributed by atoms with Crippen LogP contribution in [0.1, 0.15) is 290 Å². The molecular weight excluding hydrogens is 781 g/mol. The van der Waals surface area contributed by atoms with Crippen LogP contribution in [0.4, 0.5) is 0 Å². The zero-order valence-corrected chi connectivity index (χ0v) is 42.1. The molecule has 6 heteroatoms. The van der Waals surface area contributed by atoms with Crippen molar-refractivity contribution in [2.45, 2.75) is 297 Å². The summed E-state index contributed by atoms with van der Waals surface area (Å²) in [5.41, 5.74) is 0. The van der Waals surface area contributed by atoms with Crippen LogP contribution in [0.5, 0.6) is 0 Å². The largest absolute Gasteiger partial charge is 0.462 e. The fourth-order valence-electron chi connectivity index (χ4n) is 7.94. The highest BCUT2D eigenvalue weighted by molar-refractivity contribution is 5.71. The molecule has 0 aromatic rings. The van der Waals surface area contributed by atoms with Crippen molar-refractivity contribution in [3.63, 3.8) is 0 Å². The molecule has 0 amide bonds. The standard InChI is InChI=1S/C57H104O6/c1-4-7-10-13-16-18-20-22-24-26-27-28-29-30-31-32-34-35-37-39-41-44-47-50-56(59)62-53-54(52-61-55(58)49-46-43-15-12-9-6-3)63-57(60)51-48-45-42-40-38-36-33-25-23-21-19-17-14-11-8-5-2/h20,22,25-27,33,54H,4-19,21,23-24,28-32,34-53H2,1-3H3/b22-20-,27-26-,33-25-. The number of esters is 3. The van der Waals surface area contributed by atoms with Gasteiger partial charge in [-0.2, -0.15) is 0 Å². The molecule has 0 bridgehead atoms. The summed E-state index contributed by atoms with van der Waals surface area (Å²) < 4.78 is 16.7. The second-order valence-corrected chi connectivity index (χ2v) is 18.5. The summed E-state index contributed by atoms with van der Waals surface area (Å²) in [6.07, 6.45) is 61.6. The Hall–Kier alpha value is -2.37.